The molecule has 20 heavy (non-hydrogen) atoms. The van der Waals surface area contributed by atoms with Crippen molar-refractivity contribution in [1.29, 1.82) is 0 Å². The number of amides is 1. The minimum atomic E-state index is -3.27. The Labute approximate surface area is 120 Å². The Balaban J connectivity index is 2.74. The molecule has 0 aliphatic heterocycles. The number of aryl methyl sites for hydroxylation is 1. The third kappa shape index (κ3) is 5.30. The smallest absolute Gasteiger partial charge is 0.225 e. The maximum Gasteiger partial charge on any atom is 0.225 e. The molecular formula is C14H22N2O3S. The van der Waals surface area contributed by atoms with Crippen molar-refractivity contribution in [2.75, 3.05) is 18.1 Å². The molecule has 0 aliphatic carbocycles. The van der Waals surface area contributed by atoms with Crippen molar-refractivity contribution >= 4 is 21.4 Å². The Bertz CT molecular complexity index is 580. The molecular weight excluding hydrogens is 276 g/mol. The summed E-state index contributed by atoms with van der Waals surface area (Å²) in [5, 5.41) is 5.91. The molecule has 0 heterocycles. The average molecular weight is 298 g/mol. The summed E-state index contributed by atoms with van der Waals surface area (Å²) in [7, 11) is -3.27. The summed E-state index contributed by atoms with van der Waals surface area (Å²) < 4.78 is 23.0. The topological polar surface area (TPSA) is 75.3 Å². The summed E-state index contributed by atoms with van der Waals surface area (Å²) in [5.41, 5.74) is 1.38. The normalized spacial score (nSPS) is 11.7. The Hall–Kier alpha value is -1.40. The number of benzene rings is 1. The van der Waals surface area contributed by atoms with E-state index in [1.54, 1.807) is 12.1 Å². The van der Waals surface area contributed by atoms with E-state index >= 15 is 0 Å². The second-order valence-electron chi connectivity index (χ2n) is 5.16. The van der Waals surface area contributed by atoms with Gasteiger partial charge in [0.1, 0.15) is 0 Å². The Morgan fingerprint density at radius 3 is 2.50 bits per heavy atom. The third-order valence-electron chi connectivity index (χ3n) is 2.82. The largest absolute Gasteiger partial charge is 0.326 e. The summed E-state index contributed by atoms with van der Waals surface area (Å²) in [6, 6.07) is 5.07. The van der Waals surface area contributed by atoms with Crippen LogP contribution in [0.15, 0.2) is 23.1 Å². The molecule has 2 N–H and O–H groups in total. The molecule has 5 nitrogen and oxygen atoms in total. The van der Waals surface area contributed by atoms with Crippen LogP contribution in [-0.4, -0.2) is 33.2 Å². The first-order valence-corrected chi connectivity index (χ1v) is 8.43. The van der Waals surface area contributed by atoms with Crippen molar-refractivity contribution < 1.29 is 13.2 Å². The number of nitrogens with one attached hydrogen (secondary N) is 2. The molecule has 0 aliphatic rings. The monoisotopic (exact) mass is 298 g/mol. The molecule has 1 amide bonds. The van der Waals surface area contributed by atoms with Gasteiger partial charge in [-0.1, -0.05) is 19.9 Å². The fourth-order valence-electron chi connectivity index (χ4n) is 1.65. The second kappa shape index (κ2) is 6.85. The summed E-state index contributed by atoms with van der Waals surface area (Å²) in [4.78, 5) is 12.0. The number of carbonyl (C=O) groups is 1. The van der Waals surface area contributed by atoms with Crippen molar-refractivity contribution in [2.45, 2.75) is 38.1 Å². The number of rotatable bonds is 6. The maximum absolute atomic E-state index is 11.8. The van der Waals surface area contributed by atoms with Crippen LogP contribution in [0.4, 0.5) is 5.69 Å². The van der Waals surface area contributed by atoms with Gasteiger partial charge in [0.05, 0.1) is 4.90 Å². The molecule has 112 valence electrons. The molecule has 0 unspecified atom stereocenters. The zero-order valence-corrected chi connectivity index (χ0v) is 13.2. The first-order valence-electron chi connectivity index (χ1n) is 6.54. The summed E-state index contributed by atoms with van der Waals surface area (Å²) >= 11 is 0. The highest BCUT2D eigenvalue weighted by molar-refractivity contribution is 7.90. The van der Waals surface area contributed by atoms with Crippen molar-refractivity contribution in [1.82, 2.24) is 5.32 Å². The van der Waals surface area contributed by atoms with Gasteiger partial charge in [-0.25, -0.2) is 8.42 Å². The lowest BCUT2D eigenvalue weighted by Crippen LogP contribution is -2.27. The van der Waals surface area contributed by atoms with E-state index < -0.39 is 9.84 Å². The van der Waals surface area contributed by atoms with E-state index in [1.807, 2.05) is 20.8 Å². The Morgan fingerprint density at radius 1 is 1.30 bits per heavy atom. The number of hydrogen-bond donors (Lipinski definition) is 2. The van der Waals surface area contributed by atoms with Crippen LogP contribution in [0.2, 0.25) is 0 Å². The van der Waals surface area contributed by atoms with Crippen LogP contribution in [0.25, 0.3) is 0 Å². The molecule has 0 saturated carbocycles. The van der Waals surface area contributed by atoms with E-state index in [0.29, 0.717) is 24.7 Å². The molecule has 1 aromatic rings. The molecule has 0 radical (unpaired) electrons. The summed E-state index contributed by atoms with van der Waals surface area (Å²) in [5.74, 6) is -0.132. The zero-order valence-electron chi connectivity index (χ0n) is 12.4. The molecule has 0 aromatic heterocycles. The lowest BCUT2D eigenvalue weighted by Gasteiger charge is -2.11. The molecule has 0 fully saturated rings. The second-order valence-corrected chi connectivity index (χ2v) is 7.17. The average Bonchev–Trinajstić information content (AvgIpc) is 2.30. The van der Waals surface area contributed by atoms with Crippen LogP contribution in [0.1, 0.15) is 25.8 Å². The first-order chi connectivity index (χ1) is 9.20. The van der Waals surface area contributed by atoms with Gasteiger partial charge in [0, 0.05) is 31.0 Å². The van der Waals surface area contributed by atoms with Crippen LogP contribution >= 0.6 is 0 Å². The molecule has 1 aromatic carbocycles. The molecule has 0 saturated heterocycles. The van der Waals surface area contributed by atoms with E-state index in [4.69, 9.17) is 0 Å². The van der Waals surface area contributed by atoms with E-state index in [0.717, 1.165) is 11.8 Å². The van der Waals surface area contributed by atoms with Crippen LogP contribution < -0.4 is 10.6 Å². The molecule has 0 atom stereocenters. The van der Waals surface area contributed by atoms with E-state index in [-0.39, 0.29) is 10.8 Å². The lowest BCUT2D eigenvalue weighted by atomic mass is 10.2. The third-order valence-corrected chi connectivity index (χ3v) is 3.93. The van der Waals surface area contributed by atoms with Crippen LogP contribution in [0.3, 0.4) is 0 Å². The van der Waals surface area contributed by atoms with Gasteiger partial charge >= 0.3 is 0 Å². The highest BCUT2D eigenvalue weighted by Crippen LogP contribution is 2.20. The number of carbonyl (C=O) groups excluding carboxylic acids is 1. The highest BCUT2D eigenvalue weighted by atomic mass is 32.2. The van der Waals surface area contributed by atoms with Crippen molar-refractivity contribution in [3.63, 3.8) is 0 Å². The SMILES string of the molecule is Cc1ccc(S(C)(=O)=O)cc1NC(=O)CCNC(C)C. The first kappa shape index (κ1) is 16.7. The van der Waals surface area contributed by atoms with Gasteiger partial charge in [0.25, 0.3) is 0 Å². The van der Waals surface area contributed by atoms with E-state index in [2.05, 4.69) is 10.6 Å². The van der Waals surface area contributed by atoms with Gasteiger partial charge in [0.15, 0.2) is 9.84 Å². The quantitative estimate of drug-likeness (QED) is 0.838. The number of hydrogen-bond acceptors (Lipinski definition) is 4. The summed E-state index contributed by atoms with van der Waals surface area (Å²) in [6.45, 7) is 6.44. The number of anilines is 1. The number of sulfone groups is 1. The van der Waals surface area contributed by atoms with Gasteiger partial charge in [-0.3, -0.25) is 4.79 Å². The fourth-order valence-corrected chi connectivity index (χ4v) is 2.30. The predicted octanol–water partition coefficient (Wildman–Crippen LogP) is 1.73. The van der Waals surface area contributed by atoms with Gasteiger partial charge in [0.2, 0.25) is 5.91 Å². The van der Waals surface area contributed by atoms with Crippen LogP contribution in [0.5, 0.6) is 0 Å². The molecule has 1 rings (SSSR count). The standard InChI is InChI=1S/C14H22N2O3S/c1-10(2)15-8-7-14(17)16-13-9-12(20(4,18)19)6-5-11(13)3/h5-6,9-10,15H,7-8H2,1-4H3,(H,16,17). The molecule has 0 bridgehead atoms. The minimum absolute atomic E-state index is 0.132. The van der Waals surface area contributed by atoms with Crippen molar-refractivity contribution in [3.8, 4) is 0 Å². The highest BCUT2D eigenvalue weighted by Gasteiger charge is 2.11. The van der Waals surface area contributed by atoms with Crippen molar-refractivity contribution in [2.24, 2.45) is 0 Å². The summed E-state index contributed by atoms with van der Waals surface area (Å²) in [6.07, 6.45) is 1.50. The molecule has 6 heteroatoms. The van der Waals surface area contributed by atoms with Gasteiger partial charge < -0.3 is 10.6 Å². The van der Waals surface area contributed by atoms with Gasteiger partial charge in [-0.15, -0.1) is 0 Å². The Morgan fingerprint density at radius 2 is 1.95 bits per heavy atom. The Kier molecular flexibility index (Phi) is 5.71. The van der Waals surface area contributed by atoms with Crippen molar-refractivity contribution in [3.05, 3.63) is 23.8 Å². The maximum atomic E-state index is 11.8. The van der Waals surface area contributed by atoms with Crippen LogP contribution in [-0.2, 0) is 14.6 Å². The van der Waals surface area contributed by atoms with Crippen LogP contribution in [0, 0.1) is 6.92 Å². The zero-order chi connectivity index (χ0) is 15.3. The van der Waals surface area contributed by atoms with E-state index in [1.165, 1.54) is 6.07 Å². The van der Waals surface area contributed by atoms with Gasteiger partial charge in [-0.05, 0) is 24.6 Å². The fraction of sp³-hybridized carbons (Fsp3) is 0.500. The minimum Gasteiger partial charge on any atom is -0.326 e. The van der Waals surface area contributed by atoms with E-state index in [9.17, 15) is 13.2 Å². The predicted molar refractivity (Wildman–Crippen MR) is 80.7 cm³/mol. The van der Waals surface area contributed by atoms with Gasteiger partial charge in [-0.2, -0.15) is 0 Å². The lowest BCUT2D eigenvalue weighted by molar-refractivity contribution is -0.116. The molecule has 0 spiro atoms.